The molecule has 0 amide bonds. The van der Waals surface area contributed by atoms with Crippen LogP contribution in [0.3, 0.4) is 0 Å². The molecule has 0 aromatic heterocycles. The predicted octanol–water partition coefficient (Wildman–Crippen LogP) is 3.78. The van der Waals surface area contributed by atoms with Gasteiger partial charge >= 0.3 is 0 Å². The zero-order valence-electron chi connectivity index (χ0n) is 15.9. The van der Waals surface area contributed by atoms with Gasteiger partial charge in [0.1, 0.15) is 18.2 Å². The van der Waals surface area contributed by atoms with Crippen LogP contribution in [0.2, 0.25) is 0 Å². The van der Waals surface area contributed by atoms with Crippen LogP contribution in [0.15, 0.2) is 41.4 Å². The number of halogens is 1. The number of benzene rings is 2. The van der Waals surface area contributed by atoms with Gasteiger partial charge in [-0.2, -0.15) is 0 Å². The smallest absolute Gasteiger partial charge is 0.285 e. The SMILES string of the molecule is COc1cc(F)cc(C#CCC(NC2=NCCO2)c2cccc3c2CCC3)c1. The van der Waals surface area contributed by atoms with Crippen molar-refractivity contribution >= 4 is 6.02 Å². The second-order valence-electron chi connectivity index (χ2n) is 6.96. The van der Waals surface area contributed by atoms with Crippen LogP contribution < -0.4 is 10.1 Å². The second-order valence-corrected chi connectivity index (χ2v) is 6.96. The number of hydrogen-bond acceptors (Lipinski definition) is 4. The maximum absolute atomic E-state index is 13.7. The molecular formula is C23H23FN2O2. The van der Waals surface area contributed by atoms with Crippen LogP contribution in [0.1, 0.15) is 41.1 Å². The molecule has 0 saturated heterocycles. The van der Waals surface area contributed by atoms with Crippen molar-refractivity contribution in [2.75, 3.05) is 20.3 Å². The van der Waals surface area contributed by atoms with Crippen molar-refractivity contribution in [1.82, 2.24) is 5.32 Å². The summed E-state index contributed by atoms with van der Waals surface area (Å²) in [5, 5.41) is 3.41. The molecule has 2 aromatic carbocycles. The third-order valence-corrected chi connectivity index (χ3v) is 5.09. The fourth-order valence-corrected chi connectivity index (χ4v) is 3.79. The van der Waals surface area contributed by atoms with Crippen LogP contribution in [-0.4, -0.2) is 26.3 Å². The maximum atomic E-state index is 13.7. The molecule has 4 rings (SSSR count). The van der Waals surface area contributed by atoms with Crippen LogP contribution in [0.25, 0.3) is 0 Å². The van der Waals surface area contributed by atoms with Crippen LogP contribution in [0.4, 0.5) is 4.39 Å². The van der Waals surface area contributed by atoms with Crippen molar-refractivity contribution < 1.29 is 13.9 Å². The van der Waals surface area contributed by atoms with Crippen molar-refractivity contribution in [1.29, 1.82) is 0 Å². The first-order chi connectivity index (χ1) is 13.7. The Bertz CT molecular complexity index is 959. The highest BCUT2D eigenvalue weighted by Gasteiger charge is 2.22. The van der Waals surface area contributed by atoms with E-state index in [4.69, 9.17) is 9.47 Å². The molecule has 1 aliphatic carbocycles. The van der Waals surface area contributed by atoms with E-state index in [2.05, 4.69) is 40.3 Å². The molecule has 0 saturated carbocycles. The lowest BCUT2D eigenvalue weighted by Gasteiger charge is -2.20. The number of nitrogens with zero attached hydrogens (tertiary/aromatic N) is 1. The minimum atomic E-state index is -0.354. The van der Waals surface area contributed by atoms with Crippen molar-refractivity contribution in [3.05, 3.63) is 64.5 Å². The van der Waals surface area contributed by atoms with Crippen molar-refractivity contribution in [2.24, 2.45) is 4.99 Å². The summed E-state index contributed by atoms with van der Waals surface area (Å²) < 4.78 is 24.4. The van der Waals surface area contributed by atoms with E-state index >= 15 is 0 Å². The first kappa shape index (κ1) is 18.4. The Morgan fingerprint density at radius 3 is 3.04 bits per heavy atom. The van der Waals surface area contributed by atoms with Gasteiger partial charge < -0.3 is 14.8 Å². The maximum Gasteiger partial charge on any atom is 0.285 e. The number of hydrogen-bond donors (Lipinski definition) is 1. The molecule has 0 fully saturated rings. The minimum Gasteiger partial charge on any atom is -0.497 e. The fourth-order valence-electron chi connectivity index (χ4n) is 3.79. The lowest BCUT2D eigenvalue weighted by Crippen LogP contribution is -2.29. The Morgan fingerprint density at radius 1 is 1.29 bits per heavy atom. The third kappa shape index (κ3) is 4.12. The molecule has 1 atom stereocenters. The van der Waals surface area contributed by atoms with Gasteiger partial charge in [-0.15, -0.1) is 0 Å². The summed E-state index contributed by atoms with van der Waals surface area (Å²) in [6, 6.07) is 11.5. The predicted molar refractivity (Wildman–Crippen MR) is 107 cm³/mol. The van der Waals surface area contributed by atoms with Gasteiger partial charge in [0, 0.05) is 18.1 Å². The second kappa shape index (κ2) is 8.35. The molecule has 1 aliphatic heterocycles. The summed E-state index contributed by atoms with van der Waals surface area (Å²) in [7, 11) is 1.52. The first-order valence-electron chi connectivity index (χ1n) is 9.61. The highest BCUT2D eigenvalue weighted by Crippen LogP contribution is 2.30. The van der Waals surface area contributed by atoms with Gasteiger partial charge in [-0.1, -0.05) is 30.0 Å². The van der Waals surface area contributed by atoms with Crippen LogP contribution in [0.5, 0.6) is 5.75 Å². The molecule has 1 unspecified atom stereocenters. The van der Waals surface area contributed by atoms with Gasteiger partial charge in [0.2, 0.25) is 0 Å². The molecule has 4 nitrogen and oxygen atoms in total. The van der Waals surface area contributed by atoms with E-state index in [-0.39, 0.29) is 11.9 Å². The number of ether oxygens (including phenoxy) is 2. The Hall–Kier alpha value is -3.00. The van der Waals surface area contributed by atoms with Crippen LogP contribution >= 0.6 is 0 Å². The average molecular weight is 378 g/mol. The van der Waals surface area contributed by atoms with Gasteiger partial charge in [-0.05, 0) is 48.1 Å². The van der Waals surface area contributed by atoms with Crippen molar-refractivity contribution in [3.8, 4) is 17.6 Å². The van der Waals surface area contributed by atoms with Gasteiger partial charge in [-0.3, -0.25) is 0 Å². The molecule has 2 aromatic rings. The van der Waals surface area contributed by atoms with Crippen molar-refractivity contribution in [3.63, 3.8) is 0 Å². The molecule has 28 heavy (non-hydrogen) atoms. The Kier molecular flexibility index (Phi) is 5.48. The largest absolute Gasteiger partial charge is 0.497 e. The summed E-state index contributed by atoms with van der Waals surface area (Å²) in [4.78, 5) is 4.36. The Morgan fingerprint density at radius 2 is 2.21 bits per heavy atom. The van der Waals surface area contributed by atoms with Gasteiger partial charge in [0.15, 0.2) is 0 Å². The number of fused-ring (bicyclic) bond motifs is 1. The highest BCUT2D eigenvalue weighted by atomic mass is 19.1. The molecule has 0 spiro atoms. The van der Waals surface area contributed by atoms with E-state index in [0.717, 1.165) is 12.8 Å². The minimum absolute atomic E-state index is 0.0205. The monoisotopic (exact) mass is 378 g/mol. The summed E-state index contributed by atoms with van der Waals surface area (Å²) in [5.41, 5.74) is 4.68. The summed E-state index contributed by atoms with van der Waals surface area (Å²) in [5.74, 6) is 6.37. The van der Waals surface area contributed by atoms with E-state index in [1.807, 2.05) is 0 Å². The van der Waals surface area contributed by atoms with E-state index in [1.165, 1.54) is 42.4 Å². The molecule has 2 aliphatic rings. The van der Waals surface area contributed by atoms with Gasteiger partial charge in [-0.25, -0.2) is 9.38 Å². The van der Waals surface area contributed by atoms with Gasteiger partial charge in [0.05, 0.1) is 19.7 Å². The number of rotatable bonds is 4. The zero-order chi connectivity index (χ0) is 19.3. The standard InChI is InChI=1S/C23H23FN2O2/c1-27-19-14-16(13-18(24)15-19)5-2-10-22(26-23-25-11-12-28-23)21-9-4-7-17-6-3-8-20(17)21/h4,7,9,13-15,22H,3,6,8,10-12H2,1H3,(H,25,26). The molecule has 0 radical (unpaired) electrons. The summed E-state index contributed by atoms with van der Waals surface area (Å²) in [6.45, 7) is 1.29. The number of nitrogens with one attached hydrogen (secondary N) is 1. The van der Waals surface area contributed by atoms with E-state index in [0.29, 0.717) is 36.9 Å². The fraction of sp³-hybridized carbons (Fsp3) is 0.348. The number of amidine groups is 1. The normalized spacial score (nSPS) is 15.7. The number of aryl methyl sites for hydroxylation is 1. The first-order valence-corrected chi connectivity index (χ1v) is 9.61. The Balaban J connectivity index is 1.59. The van der Waals surface area contributed by atoms with E-state index < -0.39 is 0 Å². The molecule has 1 N–H and O–H groups in total. The van der Waals surface area contributed by atoms with Crippen molar-refractivity contribution in [2.45, 2.75) is 31.7 Å². The lowest BCUT2D eigenvalue weighted by atomic mass is 9.95. The summed E-state index contributed by atoms with van der Waals surface area (Å²) in [6.07, 6.45) is 3.97. The van der Waals surface area contributed by atoms with E-state index in [9.17, 15) is 4.39 Å². The molecule has 0 bridgehead atoms. The topological polar surface area (TPSA) is 42.8 Å². The molecule has 5 heteroatoms. The van der Waals surface area contributed by atoms with Crippen LogP contribution in [-0.2, 0) is 17.6 Å². The summed E-state index contributed by atoms with van der Waals surface area (Å²) >= 11 is 0. The third-order valence-electron chi connectivity index (χ3n) is 5.09. The molecule has 1 heterocycles. The Labute approximate surface area is 164 Å². The average Bonchev–Trinajstić information content (AvgIpc) is 3.38. The number of methoxy groups -OCH3 is 1. The highest BCUT2D eigenvalue weighted by molar-refractivity contribution is 5.75. The van der Waals surface area contributed by atoms with Gasteiger partial charge in [0.25, 0.3) is 6.02 Å². The van der Waals surface area contributed by atoms with Crippen LogP contribution in [0, 0.1) is 17.7 Å². The number of aliphatic imine (C=N–C) groups is 1. The molecule has 144 valence electrons. The quantitative estimate of drug-likeness (QED) is 0.824. The zero-order valence-corrected chi connectivity index (χ0v) is 15.9. The molecular weight excluding hydrogens is 355 g/mol. The van der Waals surface area contributed by atoms with E-state index in [1.54, 1.807) is 6.07 Å². The lowest BCUT2D eigenvalue weighted by molar-refractivity contribution is 0.325.